The van der Waals surface area contributed by atoms with Crippen molar-refractivity contribution < 1.29 is 4.74 Å². The third kappa shape index (κ3) is 4.92. The summed E-state index contributed by atoms with van der Waals surface area (Å²) < 4.78 is 5.66. The molecule has 19 heavy (non-hydrogen) atoms. The Bertz CT molecular complexity index is 419. The minimum atomic E-state index is -0.704. The molecule has 0 aliphatic carbocycles. The Balaban J connectivity index is 2.36. The molecule has 104 valence electrons. The highest BCUT2D eigenvalue weighted by atomic mass is 16.5. The number of nitriles is 1. The molecule has 0 fully saturated rings. The summed E-state index contributed by atoms with van der Waals surface area (Å²) in [4.78, 5) is 0. The van der Waals surface area contributed by atoms with Crippen molar-refractivity contribution in [2.24, 2.45) is 5.73 Å². The van der Waals surface area contributed by atoms with Gasteiger partial charge in [-0.25, -0.2) is 0 Å². The molecule has 1 aromatic rings. The Morgan fingerprint density at radius 3 is 2.42 bits per heavy atom. The molecule has 2 N–H and O–H groups in total. The van der Waals surface area contributed by atoms with Gasteiger partial charge in [-0.2, -0.15) is 5.26 Å². The number of nitrogens with zero attached hydrogens (tertiary/aromatic N) is 1. The van der Waals surface area contributed by atoms with E-state index in [2.05, 4.69) is 32.0 Å². The second kappa shape index (κ2) is 7.16. The molecule has 0 aliphatic heterocycles. The fourth-order valence-corrected chi connectivity index (χ4v) is 1.84. The topological polar surface area (TPSA) is 59.0 Å². The standard InChI is InChI=1S/C16H24N2O/c1-4-16(18,12-17)10-5-11-19-15-8-6-14(7-9-15)13(2)3/h6-9,13H,4-5,10-11,18H2,1-3H3. The predicted octanol–water partition coefficient (Wildman–Crippen LogP) is 3.60. The van der Waals surface area contributed by atoms with Gasteiger partial charge in [-0.05, 0) is 42.9 Å². The maximum absolute atomic E-state index is 8.97. The quantitative estimate of drug-likeness (QED) is 0.762. The average molecular weight is 260 g/mol. The van der Waals surface area contributed by atoms with Gasteiger partial charge >= 0.3 is 0 Å². The molecule has 0 spiro atoms. The molecule has 1 atom stereocenters. The number of hydrogen-bond acceptors (Lipinski definition) is 3. The molecule has 0 aromatic heterocycles. The van der Waals surface area contributed by atoms with Crippen LogP contribution in [0.2, 0.25) is 0 Å². The first kappa shape index (κ1) is 15.5. The lowest BCUT2D eigenvalue weighted by Gasteiger charge is -2.19. The fraction of sp³-hybridized carbons (Fsp3) is 0.562. The third-order valence-electron chi connectivity index (χ3n) is 3.44. The summed E-state index contributed by atoms with van der Waals surface area (Å²) in [7, 11) is 0. The van der Waals surface area contributed by atoms with Gasteiger partial charge in [0.25, 0.3) is 0 Å². The van der Waals surface area contributed by atoms with E-state index < -0.39 is 5.54 Å². The Labute approximate surface area is 116 Å². The van der Waals surface area contributed by atoms with Crippen LogP contribution < -0.4 is 10.5 Å². The van der Waals surface area contributed by atoms with E-state index >= 15 is 0 Å². The smallest absolute Gasteiger partial charge is 0.119 e. The number of benzene rings is 1. The molecule has 3 nitrogen and oxygen atoms in total. The van der Waals surface area contributed by atoms with Gasteiger partial charge < -0.3 is 10.5 Å². The van der Waals surface area contributed by atoms with E-state index in [9.17, 15) is 0 Å². The van der Waals surface area contributed by atoms with Gasteiger partial charge in [0.15, 0.2) is 0 Å². The van der Waals surface area contributed by atoms with E-state index in [1.54, 1.807) is 0 Å². The maximum atomic E-state index is 8.97. The van der Waals surface area contributed by atoms with Gasteiger partial charge in [0, 0.05) is 0 Å². The molecule has 0 saturated carbocycles. The van der Waals surface area contributed by atoms with Gasteiger partial charge in [0.2, 0.25) is 0 Å². The van der Waals surface area contributed by atoms with Crippen LogP contribution in [0.1, 0.15) is 51.5 Å². The largest absolute Gasteiger partial charge is 0.494 e. The molecule has 1 rings (SSSR count). The monoisotopic (exact) mass is 260 g/mol. The highest BCUT2D eigenvalue weighted by Gasteiger charge is 2.20. The summed E-state index contributed by atoms with van der Waals surface area (Å²) in [5.74, 6) is 1.41. The first-order valence-electron chi connectivity index (χ1n) is 6.93. The van der Waals surface area contributed by atoms with E-state index in [1.807, 2.05) is 19.1 Å². The predicted molar refractivity (Wildman–Crippen MR) is 78.1 cm³/mol. The first-order chi connectivity index (χ1) is 9.00. The van der Waals surface area contributed by atoms with Crippen LogP contribution in [0.5, 0.6) is 5.75 Å². The van der Waals surface area contributed by atoms with Crippen molar-refractivity contribution in [1.82, 2.24) is 0 Å². The van der Waals surface area contributed by atoms with E-state index in [0.717, 1.165) is 12.2 Å². The van der Waals surface area contributed by atoms with Crippen molar-refractivity contribution >= 4 is 0 Å². The maximum Gasteiger partial charge on any atom is 0.119 e. The molecule has 1 aromatic carbocycles. The van der Waals surface area contributed by atoms with Crippen LogP contribution in [0.4, 0.5) is 0 Å². The third-order valence-corrected chi connectivity index (χ3v) is 3.44. The lowest BCUT2D eigenvalue weighted by Crippen LogP contribution is -2.37. The highest BCUT2D eigenvalue weighted by Crippen LogP contribution is 2.19. The molecule has 0 radical (unpaired) electrons. The van der Waals surface area contributed by atoms with Crippen LogP contribution in [0, 0.1) is 11.3 Å². The van der Waals surface area contributed by atoms with Gasteiger partial charge in [-0.3, -0.25) is 0 Å². The molecule has 0 aliphatic rings. The molecular weight excluding hydrogens is 236 g/mol. The van der Waals surface area contributed by atoms with Gasteiger partial charge in [-0.1, -0.05) is 32.9 Å². The van der Waals surface area contributed by atoms with Gasteiger partial charge in [0.1, 0.15) is 11.3 Å². The normalized spacial score (nSPS) is 13.9. The SMILES string of the molecule is CCC(N)(C#N)CCCOc1ccc(C(C)C)cc1. The summed E-state index contributed by atoms with van der Waals surface area (Å²) in [5, 5.41) is 8.97. The van der Waals surface area contributed by atoms with Crippen molar-refractivity contribution in [2.75, 3.05) is 6.61 Å². The number of rotatable bonds is 7. The molecule has 0 saturated heterocycles. The van der Waals surface area contributed by atoms with Gasteiger partial charge in [-0.15, -0.1) is 0 Å². The molecule has 3 heteroatoms. The molecule has 0 bridgehead atoms. The number of ether oxygens (including phenoxy) is 1. The molecule has 0 amide bonds. The lowest BCUT2D eigenvalue weighted by atomic mass is 9.94. The first-order valence-corrected chi connectivity index (χ1v) is 6.93. The van der Waals surface area contributed by atoms with E-state index in [0.29, 0.717) is 25.4 Å². The van der Waals surface area contributed by atoms with Crippen LogP contribution in [-0.4, -0.2) is 12.1 Å². The molecule has 0 heterocycles. The zero-order chi connectivity index (χ0) is 14.3. The van der Waals surface area contributed by atoms with Crippen molar-refractivity contribution in [2.45, 2.75) is 51.5 Å². The zero-order valence-electron chi connectivity index (χ0n) is 12.1. The van der Waals surface area contributed by atoms with Crippen LogP contribution in [0.15, 0.2) is 24.3 Å². The number of hydrogen-bond donors (Lipinski definition) is 1. The molecular formula is C16H24N2O. The Hall–Kier alpha value is -1.53. The summed E-state index contributed by atoms with van der Waals surface area (Å²) in [6.07, 6.45) is 2.14. The van der Waals surface area contributed by atoms with Crippen LogP contribution >= 0.6 is 0 Å². The fourth-order valence-electron chi connectivity index (χ4n) is 1.84. The Morgan fingerprint density at radius 2 is 1.95 bits per heavy atom. The minimum Gasteiger partial charge on any atom is -0.494 e. The second-order valence-corrected chi connectivity index (χ2v) is 5.30. The van der Waals surface area contributed by atoms with Crippen LogP contribution in [-0.2, 0) is 0 Å². The van der Waals surface area contributed by atoms with Crippen molar-refractivity contribution in [3.8, 4) is 11.8 Å². The average Bonchev–Trinajstić information content (AvgIpc) is 2.44. The van der Waals surface area contributed by atoms with Crippen LogP contribution in [0.3, 0.4) is 0 Å². The highest BCUT2D eigenvalue weighted by molar-refractivity contribution is 5.28. The van der Waals surface area contributed by atoms with E-state index in [1.165, 1.54) is 5.56 Å². The van der Waals surface area contributed by atoms with Gasteiger partial charge in [0.05, 0.1) is 12.7 Å². The summed E-state index contributed by atoms with van der Waals surface area (Å²) >= 11 is 0. The summed E-state index contributed by atoms with van der Waals surface area (Å²) in [6, 6.07) is 10.3. The van der Waals surface area contributed by atoms with Crippen molar-refractivity contribution in [3.05, 3.63) is 29.8 Å². The lowest BCUT2D eigenvalue weighted by molar-refractivity contribution is 0.291. The van der Waals surface area contributed by atoms with Crippen LogP contribution in [0.25, 0.3) is 0 Å². The van der Waals surface area contributed by atoms with E-state index in [-0.39, 0.29) is 0 Å². The Morgan fingerprint density at radius 1 is 1.32 bits per heavy atom. The molecule has 1 unspecified atom stereocenters. The van der Waals surface area contributed by atoms with E-state index in [4.69, 9.17) is 15.7 Å². The zero-order valence-corrected chi connectivity index (χ0v) is 12.1. The summed E-state index contributed by atoms with van der Waals surface area (Å²) in [5.41, 5.74) is 6.52. The van der Waals surface area contributed by atoms with Crippen molar-refractivity contribution in [3.63, 3.8) is 0 Å². The van der Waals surface area contributed by atoms with Crippen molar-refractivity contribution in [1.29, 1.82) is 5.26 Å². The second-order valence-electron chi connectivity index (χ2n) is 5.30. The number of nitrogens with two attached hydrogens (primary N) is 1. The summed E-state index contributed by atoms with van der Waals surface area (Å²) in [6.45, 7) is 6.88. The Kier molecular flexibility index (Phi) is 5.85. The minimum absolute atomic E-state index is 0.534.